The van der Waals surface area contributed by atoms with Crippen molar-refractivity contribution in [1.82, 2.24) is 9.62 Å². The maximum Gasteiger partial charge on any atom is 0.214 e. The van der Waals surface area contributed by atoms with E-state index in [-0.39, 0.29) is 24.2 Å². The fourth-order valence-electron chi connectivity index (χ4n) is 2.40. The predicted molar refractivity (Wildman–Crippen MR) is 85.1 cm³/mol. The summed E-state index contributed by atoms with van der Waals surface area (Å²) in [6.07, 6.45) is 0.626. The maximum atomic E-state index is 12.3. The van der Waals surface area contributed by atoms with Crippen molar-refractivity contribution < 1.29 is 8.42 Å². The highest BCUT2D eigenvalue weighted by atomic mass is 35.5. The van der Waals surface area contributed by atoms with E-state index in [0.29, 0.717) is 31.1 Å². The van der Waals surface area contributed by atoms with Gasteiger partial charge in [-0.15, -0.1) is 12.4 Å². The molecule has 0 bridgehead atoms. The van der Waals surface area contributed by atoms with Crippen molar-refractivity contribution in [2.45, 2.75) is 19.4 Å². The van der Waals surface area contributed by atoms with Gasteiger partial charge in [0.05, 0.1) is 11.8 Å². The summed E-state index contributed by atoms with van der Waals surface area (Å²) in [5.74, 6) is 0.188. The average Bonchev–Trinajstić information content (AvgIpc) is 2.39. The van der Waals surface area contributed by atoms with Gasteiger partial charge in [-0.2, -0.15) is 4.31 Å². The minimum Gasteiger partial charge on any atom is -0.313 e. The largest absolute Gasteiger partial charge is 0.313 e. The lowest BCUT2D eigenvalue weighted by molar-refractivity contribution is 0.271. The molecular weight excluding hydrogens is 319 g/mol. The van der Waals surface area contributed by atoms with Crippen LogP contribution in [0.4, 0.5) is 0 Å². The Labute approximate surface area is 132 Å². The van der Waals surface area contributed by atoms with Gasteiger partial charge in [-0.3, -0.25) is 0 Å². The Hall–Kier alpha value is -0.330. The molecule has 1 N–H and O–H groups in total. The fraction of sp³-hybridized carbons (Fsp3) is 0.538. The summed E-state index contributed by atoms with van der Waals surface area (Å²) in [5, 5.41) is 3.86. The van der Waals surface area contributed by atoms with Crippen molar-refractivity contribution >= 4 is 34.0 Å². The van der Waals surface area contributed by atoms with E-state index >= 15 is 0 Å². The van der Waals surface area contributed by atoms with E-state index in [0.717, 1.165) is 5.56 Å². The zero-order valence-electron chi connectivity index (χ0n) is 11.4. The Bertz CT molecular complexity index is 537. The molecule has 1 aromatic carbocycles. The lowest BCUT2D eigenvalue weighted by Gasteiger charge is -2.35. The molecular formula is C13H20Cl2N2O2S. The third-order valence-electron chi connectivity index (χ3n) is 3.28. The van der Waals surface area contributed by atoms with Crippen LogP contribution in [0.3, 0.4) is 0 Å². The normalized spacial score (nSPS) is 20.4. The number of rotatable bonds is 4. The van der Waals surface area contributed by atoms with Crippen molar-refractivity contribution in [2.24, 2.45) is 0 Å². The van der Waals surface area contributed by atoms with Gasteiger partial charge in [0.2, 0.25) is 10.0 Å². The smallest absolute Gasteiger partial charge is 0.214 e. The summed E-state index contributed by atoms with van der Waals surface area (Å²) in [4.78, 5) is 0. The third-order valence-corrected chi connectivity index (χ3v) is 5.70. The Kier molecular flexibility index (Phi) is 6.75. The molecule has 0 saturated carbocycles. The predicted octanol–water partition coefficient (Wildman–Crippen LogP) is 2.45. The van der Waals surface area contributed by atoms with Crippen LogP contribution in [0, 0.1) is 0 Å². The van der Waals surface area contributed by atoms with Gasteiger partial charge in [0.15, 0.2) is 0 Å². The molecule has 1 heterocycles. The van der Waals surface area contributed by atoms with Gasteiger partial charge in [0.1, 0.15) is 0 Å². The summed E-state index contributed by atoms with van der Waals surface area (Å²) >= 11 is 6.20. The molecule has 1 aliphatic rings. The van der Waals surface area contributed by atoms with Crippen LogP contribution in [-0.2, 0) is 10.0 Å². The first-order chi connectivity index (χ1) is 9.06. The lowest BCUT2D eigenvalue weighted by Crippen LogP contribution is -2.49. The summed E-state index contributed by atoms with van der Waals surface area (Å²) in [5.41, 5.74) is 0.871. The van der Waals surface area contributed by atoms with E-state index in [1.807, 2.05) is 25.1 Å². The van der Waals surface area contributed by atoms with Gasteiger partial charge in [-0.25, -0.2) is 8.42 Å². The number of hydrogen-bond donors (Lipinski definition) is 1. The number of benzene rings is 1. The Balaban J connectivity index is 0.00000200. The highest BCUT2D eigenvalue weighted by Gasteiger charge is 2.33. The molecule has 0 spiro atoms. The van der Waals surface area contributed by atoms with Crippen molar-refractivity contribution in [1.29, 1.82) is 0 Å². The average molecular weight is 339 g/mol. The molecule has 1 unspecified atom stereocenters. The third kappa shape index (κ3) is 3.86. The Morgan fingerprint density at radius 1 is 1.40 bits per heavy atom. The number of sulfonamides is 1. The number of nitrogens with zero attached hydrogens (tertiary/aromatic N) is 1. The van der Waals surface area contributed by atoms with Crippen molar-refractivity contribution in [3.63, 3.8) is 0 Å². The van der Waals surface area contributed by atoms with Crippen molar-refractivity contribution in [3.05, 3.63) is 34.9 Å². The zero-order chi connectivity index (χ0) is 13.9. The first-order valence-corrected chi connectivity index (χ1v) is 8.49. The highest BCUT2D eigenvalue weighted by molar-refractivity contribution is 7.89. The SMILES string of the molecule is CCCS(=O)(=O)N1CCNCC1c1ccccc1Cl.Cl. The molecule has 4 nitrogen and oxygen atoms in total. The number of hydrogen-bond acceptors (Lipinski definition) is 3. The summed E-state index contributed by atoms with van der Waals surface area (Å²) in [6, 6.07) is 7.23. The second-order valence-corrected chi connectivity index (χ2v) is 7.12. The van der Waals surface area contributed by atoms with E-state index in [1.165, 1.54) is 0 Å². The van der Waals surface area contributed by atoms with Crippen LogP contribution in [-0.4, -0.2) is 38.1 Å². The van der Waals surface area contributed by atoms with Gasteiger partial charge in [-0.05, 0) is 18.1 Å². The second-order valence-electron chi connectivity index (χ2n) is 4.67. The number of halogens is 2. The highest BCUT2D eigenvalue weighted by Crippen LogP contribution is 2.30. The van der Waals surface area contributed by atoms with Crippen LogP contribution >= 0.6 is 24.0 Å². The van der Waals surface area contributed by atoms with Gasteiger partial charge >= 0.3 is 0 Å². The van der Waals surface area contributed by atoms with E-state index in [9.17, 15) is 8.42 Å². The number of nitrogens with one attached hydrogen (secondary N) is 1. The van der Waals surface area contributed by atoms with E-state index in [1.54, 1.807) is 10.4 Å². The Morgan fingerprint density at radius 2 is 2.10 bits per heavy atom. The van der Waals surface area contributed by atoms with E-state index in [4.69, 9.17) is 11.6 Å². The van der Waals surface area contributed by atoms with Gasteiger partial charge in [-0.1, -0.05) is 36.7 Å². The first kappa shape index (κ1) is 17.7. The molecule has 0 radical (unpaired) electrons. The van der Waals surface area contributed by atoms with Crippen LogP contribution < -0.4 is 5.32 Å². The standard InChI is InChI=1S/C13H19ClN2O2S.ClH/c1-2-9-19(17,18)16-8-7-15-10-13(16)11-5-3-4-6-12(11)14;/h3-6,13,15H,2,7-10H2,1H3;1H. The molecule has 0 aliphatic carbocycles. The van der Waals surface area contributed by atoms with Crippen LogP contribution in [0.1, 0.15) is 24.9 Å². The van der Waals surface area contributed by atoms with Gasteiger partial charge in [0.25, 0.3) is 0 Å². The quantitative estimate of drug-likeness (QED) is 0.917. The Morgan fingerprint density at radius 3 is 2.75 bits per heavy atom. The van der Waals surface area contributed by atoms with E-state index in [2.05, 4.69) is 5.32 Å². The summed E-state index contributed by atoms with van der Waals surface area (Å²) < 4.78 is 26.3. The molecule has 1 aromatic rings. The molecule has 7 heteroatoms. The maximum absolute atomic E-state index is 12.3. The lowest BCUT2D eigenvalue weighted by atomic mass is 10.1. The molecule has 114 valence electrons. The molecule has 1 atom stereocenters. The topological polar surface area (TPSA) is 49.4 Å². The minimum absolute atomic E-state index is 0. The molecule has 1 fully saturated rings. The van der Waals surface area contributed by atoms with Crippen LogP contribution in [0.2, 0.25) is 5.02 Å². The van der Waals surface area contributed by atoms with Crippen molar-refractivity contribution in [3.8, 4) is 0 Å². The number of piperazine rings is 1. The fourth-order valence-corrected chi connectivity index (χ4v) is 4.36. The van der Waals surface area contributed by atoms with Crippen LogP contribution in [0.15, 0.2) is 24.3 Å². The van der Waals surface area contributed by atoms with Gasteiger partial charge < -0.3 is 5.32 Å². The van der Waals surface area contributed by atoms with Crippen molar-refractivity contribution in [2.75, 3.05) is 25.4 Å². The molecule has 20 heavy (non-hydrogen) atoms. The second kappa shape index (κ2) is 7.61. The van der Waals surface area contributed by atoms with Crippen LogP contribution in [0.25, 0.3) is 0 Å². The molecule has 2 rings (SSSR count). The van der Waals surface area contributed by atoms with E-state index < -0.39 is 10.0 Å². The molecule has 0 aromatic heterocycles. The first-order valence-electron chi connectivity index (χ1n) is 6.51. The summed E-state index contributed by atoms with van der Waals surface area (Å²) in [7, 11) is -3.21. The summed E-state index contributed by atoms with van der Waals surface area (Å²) in [6.45, 7) is 3.67. The minimum atomic E-state index is -3.21. The van der Waals surface area contributed by atoms with Crippen LogP contribution in [0.5, 0.6) is 0 Å². The molecule has 1 saturated heterocycles. The molecule has 1 aliphatic heterocycles. The molecule has 0 amide bonds. The zero-order valence-corrected chi connectivity index (χ0v) is 13.8. The monoisotopic (exact) mass is 338 g/mol. The van der Waals surface area contributed by atoms with Gasteiger partial charge in [0, 0.05) is 24.7 Å².